The summed E-state index contributed by atoms with van der Waals surface area (Å²) in [4.78, 5) is 33.5. The van der Waals surface area contributed by atoms with E-state index in [-0.39, 0.29) is 5.91 Å². The predicted octanol–water partition coefficient (Wildman–Crippen LogP) is 2.24. The van der Waals surface area contributed by atoms with Crippen LogP contribution in [0.25, 0.3) is 0 Å². The second kappa shape index (κ2) is 8.43. The lowest BCUT2D eigenvalue weighted by Crippen LogP contribution is -2.50. The maximum absolute atomic E-state index is 12.6. The molecular formula is C20H24N4O2S. The second-order valence-corrected chi connectivity index (χ2v) is 7.68. The van der Waals surface area contributed by atoms with Crippen molar-refractivity contribution in [3.05, 3.63) is 53.2 Å². The van der Waals surface area contributed by atoms with Gasteiger partial charge in [-0.2, -0.15) is 0 Å². The Bertz CT molecular complexity index is 848. The number of benzene rings is 1. The van der Waals surface area contributed by atoms with Gasteiger partial charge in [0.2, 0.25) is 5.91 Å². The van der Waals surface area contributed by atoms with Crippen molar-refractivity contribution in [2.45, 2.75) is 18.7 Å². The Morgan fingerprint density at radius 1 is 1.15 bits per heavy atom. The minimum Gasteiger partial charge on any atom is -0.365 e. The molecule has 142 valence electrons. The monoisotopic (exact) mass is 384 g/mol. The zero-order valence-corrected chi connectivity index (χ0v) is 16.5. The van der Waals surface area contributed by atoms with E-state index >= 15 is 0 Å². The van der Waals surface area contributed by atoms with Crippen molar-refractivity contribution in [1.82, 2.24) is 9.88 Å². The number of aromatic nitrogens is 1. The zero-order chi connectivity index (χ0) is 19.4. The Kier molecular flexibility index (Phi) is 6.01. The Labute approximate surface area is 163 Å². The molecule has 1 aromatic heterocycles. The molecule has 0 unspecified atom stereocenters. The lowest BCUT2D eigenvalue weighted by atomic mass is 10.2. The van der Waals surface area contributed by atoms with Crippen LogP contribution in [-0.2, 0) is 4.79 Å². The molecule has 7 heteroatoms. The van der Waals surface area contributed by atoms with Gasteiger partial charge in [-0.3, -0.25) is 9.59 Å². The molecule has 1 aromatic carbocycles. The molecular weight excluding hydrogens is 360 g/mol. The van der Waals surface area contributed by atoms with Crippen LogP contribution in [-0.4, -0.2) is 53.6 Å². The molecule has 2 N–H and O–H groups in total. The maximum Gasteiger partial charge on any atom is 0.252 e. The molecule has 0 bridgehead atoms. The number of thioether (sulfide) groups is 1. The number of pyridine rings is 1. The predicted molar refractivity (Wildman–Crippen MR) is 108 cm³/mol. The van der Waals surface area contributed by atoms with Gasteiger partial charge in [-0.1, -0.05) is 17.7 Å². The third-order valence-electron chi connectivity index (χ3n) is 4.68. The van der Waals surface area contributed by atoms with Crippen LogP contribution in [0.1, 0.15) is 21.5 Å². The van der Waals surface area contributed by atoms with Crippen LogP contribution in [0.2, 0.25) is 0 Å². The summed E-state index contributed by atoms with van der Waals surface area (Å²) >= 11 is 1.59. The zero-order valence-electron chi connectivity index (χ0n) is 15.6. The number of piperazine rings is 1. The topological polar surface area (TPSA) is 79.5 Å². The molecule has 1 aliphatic heterocycles. The van der Waals surface area contributed by atoms with E-state index in [0.717, 1.165) is 4.90 Å². The molecule has 2 heterocycles. The van der Waals surface area contributed by atoms with Crippen LogP contribution in [0.5, 0.6) is 0 Å². The van der Waals surface area contributed by atoms with E-state index in [1.54, 1.807) is 30.1 Å². The molecule has 0 spiro atoms. The smallest absolute Gasteiger partial charge is 0.252 e. The fourth-order valence-electron chi connectivity index (χ4n) is 3.10. The summed E-state index contributed by atoms with van der Waals surface area (Å²) in [6.07, 6.45) is 1.65. The number of hydrogen-bond acceptors (Lipinski definition) is 5. The average molecular weight is 385 g/mol. The number of primary amides is 1. The van der Waals surface area contributed by atoms with Crippen LogP contribution in [0.3, 0.4) is 0 Å². The number of aryl methyl sites for hydroxylation is 2. The van der Waals surface area contributed by atoms with Crippen LogP contribution >= 0.6 is 11.8 Å². The van der Waals surface area contributed by atoms with Crippen LogP contribution in [0, 0.1) is 13.8 Å². The number of nitrogens with two attached hydrogens (primary N) is 1. The van der Waals surface area contributed by atoms with Gasteiger partial charge < -0.3 is 15.5 Å². The van der Waals surface area contributed by atoms with E-state index < -0.39 is 5.91 Å². The summed E-state index contributed by atoms with van der Waals surface area (Å²) < 4.78 is 0. The first-order chi connectivity index (χ1) is 13.0. The summed E-state index contributed by atoms with van der Waals surface area (Å²) in [5.74, 6) is 0.681. The van der Waals surface area contributed by atoms with Gasteiger partial charge in [-0.05, 0) is 37.6 Å². The molecule has 2 aromatic rings. The maximum atomic E-state index is 12.6. The van der Waals surface area contributed by atoms with Gasteiger partial charge >= 0.3 is 0 Å². The van der Waals surface area contributed by atoms with E-state index in [9.17, 15) is 9.59 Å². The molecule has 0 atom stereocenters. The first kappa shape index (κ1) is 19.2. The largest absolute Gasteiger partial charge is 0.365 e. The van der Waals surface area contributed by atoms with E-state index in [1.807, 2.05) is 9.80 Å². The molecule has 1 aliphatic rings. The summed E-state index contributed by atoms with van der Waals surface area (Å²) in [6, 6.07) is 9.68. The molecule has 2 amide bonds. The number of carbonyl (C=O) groups is 2. The summed E-state index contributed by atoms with van der Waals surface area (Å²) in [7, 11) is 0. The van der Waals surface area contributed by atoms with Crippen LogP contribution < -0.4 is 10.6 Å². The highest BCUT2D eigenvalue weighted by Gasteiger charge is 2.24. The molecule has 0 saturated carbocycles. The van der Waals surface area contributed by atoms with Crippen molar-refractivity contribution < 1.29 is 9.59 Å². The quantitative estimate of drug-likeness (QED) is 0.800. The Balaban J connectivity index is 1.57. The van der Waals surface area contributed by atoms with E-state index in [0.29, 0.717) is 43.3 Å². The van der Waals surface area contributed by atoms with Crippen molar-refractivity contribution in [1.29, 1.82) is 0 Å². The summed E-state index contributed by atoms with van der Waals surface area (Å²) in [5, 5.41) is 0. The number of anilines is 1. The number of rotatable bonds is 5. The molecule has 1 saturated heterocycles. The van der Waals surface area contributed by atoms with Crippen molar-refractivity contribution in [3.63, 3.8) is 0 Å². The molecule has 0 radical (unpaired) electrons. The van der Waals surface area contributed by atoms with E-state index in [1.165, 1.54) is 11.1 Å². The summed E-state index contributed by atoms with van der Waals surface area (Å²) in [6.45, 7) is 6.62. The standard InChI is InChI=1S/C20H24N4O2S/c1-14-5-6-15(2)17(12-14)27-13-18(25)23-8-10-24(11-9-23)20-16(19(21)26)4-3-7-22-20/h3-7,12H,8-11,13H2,1-2H3,(H2,21,26). The first-order valence-corrected chi connectivity index (χ1v) is 9.92. The Morgan fingerprint density at radius 2 is 1.89 bits per heavy atom. The fourth-order valence-corrected chi connectivity index (χ4v) is 4.13. The third-order valence-corrected chi connectivity index (χ3v) is 5.82. The van der Waals surface area contributed by atoms with Crippen molar-refractivity contribution in [3.8, 4) is 0 Å². The molecule has 1 fully saturated rings. The second-order valence-electron chi connectivity index (χ2n) is 6.66. The Morgan fingerprint density at radius 3 is 2.59 bits per heavy atom. The molecule has 6 nitrogen and oxygen atoms in total. The number of carbonyl (C=O) groups excluding carboxylic acids is 2. The SMILES string of the molecule is Cc1ccc(C)c(SCC(=O)N2CCN(c3ncccc3C(N)=O)CC2)c1. The lowest BCUT2D eigenvalue weighted by molar-refractivity contribution is -0.128. The van der Waals surface area contributed by atoms with Gasteiger partial charge in [0.15, 0.2) is 0 Å². The third kappa shape index (κ3) is 4.60. The molecule has 0 aliphatic carbocycles. The van der Waals surface area contributed by atoms with Gasteiger partial charge in [-0.25, -0.2) is 4.98 Å². The number of amides is 2. The van der Waals surface area contributed by atoms with Gasteiger partial charge in [0, 0.05) is 37.3 Å². The lowest BCUT2D eigenvalue weighted by Gasteiger charge is -2.36. The highest BCUT2D eigenvalue weighted by atomic mass is 32.2. The van der Waals surface area contributed by atoms with Gasteiger partial charge in [0.05, 0.1) is 11.3 Å². The molecule has 3 rings (SSSR count). The van der Waals surface area contributed by atoms with Crippen LogP contribution in [0.4, 0.5) is 5.82 Å². The Hall–Kier alpha value is -2.54. The van der Waals surface area contributed by atoms with Gasteiger partial charge in [-0.15, -0.1) is 11.8 Å². The summed E-state index contributed by atoms with van der Waals surface area (Å²) in [5.41, 5.74) is 8.25. The van der Waals surface area contributed by atoms with Gasteiger partial charge in [0.1, 0.15) is 5.82 Å². The fraction of sp³-hybridized carbons (Fsp3) is 0.350. The number of nitrogens with zero attached hydrogens (tertiary/aromatic N) is 3. The highest BCUT2D eigenvalue weighted by Crippen LogP contribution is 2.24. The minimum absolute atomic E-state index is 0.136. The minimum atomic E-state index is -0.485. The van der Waals surface area contributed by atoms with Gasteiger partial charge in [0.25, 0.3) is 5.91 Å². The molecule has 27 heavy (non-hydrogen) atoms. The van der Waals surface area contributed by atoms with Crippen LogP contribution in [0.15, 0.2) is 41.4 Å². The average Bonchev–Trinajstić information content (AvgIpc) is 2.68. The van der Waals surface area contributed by atoms with E-state index in [4.69, 9.17) is 5.73 Å². The van der Waals surface area contributed by atoms with Crippen molar-refractivity contribution in [2.24, 2.45) is 5.73 Å². The van der Waals surface area contributed by atoms with Crippen molar-refractivity contribution >= 4 is 29.4 Å². The highest BCUT2D eigenvalue weighted by molar-refractivity contribution is 8.00. The van der Waals surface area contributed by atoms with Crippen molar-refractivity contribution in [2.75, 3.05) is 36.8 Å². The number of hydrogen-bond donors (Lipinski definition) is 1. The normalized spacial score (nSPS) is 14.3. The first-order valence-electron chi connectivity index (χ1n) is 8.93. The van der Waals surface area contributed by atoms with E-state index in [2.05, 4.69) is 37.0 Å².